The molecular weight excluding hydrogens is 334 g/mol. The summed E-state index contributed by atoms with van der Waals surface area (Å²) < 4.78 is 10.4. The van der Waals surface area contributed by atoms with Crippen LogP contribution in [0.25, 0.3) is 0 Å². The van der Waals surface area contributed by atoms with Crippen molar-refractivity contribution >= 4 is 11.9 Å². The van der Waals surface area contributed by atoms with E-state index in [4.69, 9.17) is 9.84 Å². The van der Waals surface area contributed by atoms with Crippen molar-refractivity contribution in [1.82, 2.24) is 4.90 Å². The van der Waals surface area contributed by atoms with Gasteiger partial charge in [-0.05, 0) is 35.4 Å². The van der Waals surface area contributed by atoms with Gasteiger partial charge in [-0.25, -0.2) is 4.79 Å². The van der Waals surface area contributed by atoms with E-state index in [9.17, 15) is 9.59 Å². The lowest BCUT2D eigenvalue weighted by molar-refractivity contribution is -0.147. The van der Waals surface area contributed by atoms with Crippen LogP contribution in [0, 0.1) is 5.92 Å². The third kappa shape index (κ3) is 4.40. The van der Waals surface area contributed by atoms with Crippen molar-refractivity contribution in [1.29, 1.82) is 0 Å². The fourth-order valence-electron chi connectivity index (χ4n) is 2.83. The molecule has 1 saturated heterocycles. The van der Waals surface area contributed by atoms with Gasteiger partial charge >= 0.3 is 11.9 Å². The summed E-state index contributed by atoms with van der Waals surface area (Å²) in [6, 6.07) is 14.9. The zero-order valence-corrected chi connectivity index (χ0v) is 14.6. The van der Waals surface area contributed by atoms with Crippen LogP contribution >= 0.6 is 0 Å². The van der Waals surface area contributed by atoms with Crippen LogP contribution in [-0.4, -0.2) is 42.1 Å². The lowest BCUT2D eigenvalue weighted by Crippen LogP contribution is -2.49. The number of aliphatic carboxylic acids is 1. The van der Waals surface area contributed by atoms with Gasteiger partial charge in [0.05, 0.1) is 18.6 Å². The monoisotopic (exact) mass is 355 g/mol. The van der Waals surface area contributed by atoms with Crippen LogP contribution in [0.3, 0.4) is 0 Å². The number of esters is 1. The highest BCUT2D eigenvalue weighted by molar-refractivity contribution is 5.89. The summed E-state index contributed by atoms with van der Waals surface area (Å²) in [5.74, 6) is -0.546. The molecular formula is C20H21NO5. The van der Waals surface area contributed by atoms with Gasteiger partial charge in [0.25, 0.3) is 0 Å². The van der Waals surface area contributed by atoms with Gasteiger partial charge in [0.2, 0.25) is 0 Å². The normalized spacial score (nSPS) is 14.5. The second-order valence-electron chi connectivity index (χ2n) is 6.35. The van der Waals surface area contributed by atoms with E-state index in [1.54, 1.807) is 12.1 Å². The van der Waals surface area contributed by atoms with Crippen molar-refractivity contribution in [3.05, 3.63) is 65.2 Å². The van der Waals surface area contributed by atoms with Gasteiger partial charge in [-0.2, -0.15) is 0 Å². The molecule has 0 unspecified atom stereocenters. The van der Waals surface area contributed by atoms with Crippen molar-refractivity contribution in [2.75, 3.05) is 20.2 Å². The standard InChI is InChI=1S/C20H21NO5/c1-25-20(24)16-6-2-15(3-7-16)13-26-18-8-4-14(5-9-18)10-21-11-17(12-21)19(22)23/h2-9,17H,10-13H2,1H3,(H,22,23). The zero-order chi connectivity index (χ0) is 18.5. The van der Waals surface area contributed by atoms with E-state index in [0.717, 1.165) is 23.4 Å². The summed E-state index contributed by atoms with van der Waals surface area (Å²) in [6.45, 7) is 2.37. The molecule has 0 atom stereocenters. The van der Waals surface area contributed by atoms with E-state index in [2.05, 4.69) is 9.64 Å². The topological polar surface area (TPSA) is 76.1 Å². The second kappa shape index (κ2) is 8.01. The van der Waals surface area contributed by atoms with Gasteiger partial charge in [-0.3, -0.25) is 9.69 Å². The van der Waals surface area contributed by atoms with E-state index < -0.39 is 5.97 Å². The van der Waals surface area contributed by atoms with Crippen LogP contribution in [0.5, 0.6) is 5.75 Å². The highest BCUT2D eigenvalue weighted by atomic mass is 16.5. The summed E-state index contributed by atoms with van der Waals surface area (Å²) in [5.41, 5.74) is 2.60. The number of nitrogens with zero attached hydrogens (tertiary/aromatic N) is 1. The Balaban J connectivity index is 1.47. The first-order chi connectivity index (χ1) is 12.5. The average Bonchev–Trinajstić information content (AvgIpc) is 2.63. The highest BCUT2D eigenvalue weighted by Crippen LogP contribution is 2.21. The van der Waals surface area contributed by atoms with E-state index in [0.29, 0.717) is 25.3 Å². The van der Waals surface area contributed by atoms with Gasteiger partial charge in [-0.15, -0.1) is 0 Å². The number of methoxy groups -OCH3 is 1. The minimum Gasteiger partial charge on any atom is -0.489 e. The maximum atomic E-state index is 11.4. The predicted octanol–water partition coefficient (Wildman–Crippen LogP) is 2.57. The minimum absolute atomic E-state index is 0.233. The Morgan fingerprint density at radius 2 is 1.65 bits per heavy atom. The molecule has 0 aliphatic carbocycles. The van der Waals surface area contributed by atoms with Crippen molar-refractivity contribution < 1.29 is 24.2 Å². The molecule has 136 valence electrons. The summed E-state index contributed by atoms with van der Waals surface area (Å²) in [6.07, 6.45) is 0. The van der Waals surface area contributed by atoms with Gasteiger partial charge < -0.3 is 14.6 Å². The second-order valence-corrected chi connectivity index (χ2v) is 6.35. The molecule has 6 nitrogen and oxygen atoms in total. The lowest BCUT2D eigenvalue weighted by Gasteiger charge is -2.36. The Labute approximate surface area is 152 Å². The number of rotatable bonds is 7. The molecule has 6 heteroatoms. The Kier molecular flexibility index (Phi) is 5.53. The number of ether oxygens (including phenoxy) is 2. The minimum atomic E-state index is -0.718. The molecule has 1 fully saturated rings. The van der Waals surface area contributed by atoms with Crippen molar-refractivity contribution in [2.24, 2.45) is 5.92 Å². The smallest absolute Gasteiger partial charge is 0.337 e. The molecule has 0 amide bonds. The Morgan fingerprint density at radius 3 is 2.23 bits per heavy atom. The number of hydrogen-bond donors (Lipinski definition) is 1. The van der Waals surface area contributed by atoms with Crippen LogP contribution in [0.1, 0.15) is 21.5 Å². The largest absolute Gasteiger partial charge is 0.489 e. The molecule has 1 aliphatic rings. The molecule has 0 spiro atoms. The molecule has 1 aliphatic heterocycles. The first-order valence-electron chi connectivity index (χ1n) is 8.39. The fraction of sp³-hybridized carbons (Fsp3) is 0.300. The van der Waals surface area contributed by atoms with Crippen LogP contribution in [-0.2, 0) is 22.7 Å². The maximum Gasteiger partial charge on any atom is 0.337 e. The van der Waals surface area contributed by atoms with E-state index in [-0.39, 0.29) is 11.9 Å². The molecule has 2 aromatic rings. The first kappa shape index (κ1) is 17.9. The van der Waals surface area contributed by atoms with E-state index in [1.807, 2.05) is 36.4 Å². The third-order valence-corrected chi connectivity index (χ3v) is 4.42. The summed E-state index contributed by atoms with van der Waals surface area (Å²) in [7, 11) is 1.36. The van der Waals surface area contributed by atoms with Crippen LogP contribution < -0.4 is 4.74 Å². The number of carbonyl (C=O) groups excluding carboxylic acids is 1. The Bertz CT molecular complexity index is 764. The SMILES string of the molecule is COC(=O)c1ccc(COc2ccc(CN3CC(C(=O)O)C3)cc2)cc1. The van der Waals surface area contributed by atoms with Gasteiger partial charge in [0.1, 0.15) is 12.4 Å². The van der Waals surface area contributed by atoms with E-state index in [1.165, 1.54) is 7.11 Å². The zero-order valence-electron chi connectivity index (χ0n) is 14.6. The number of likely N-dealkylation sites (tertiary alicyclic amines) is 1. The Morgan fingerprint density at radius 1 is 1.04 bits per heavy atom. The fourth-order valence-corrected chi connectivity index (χ4v) is 2.83. The highest BCUT2D eigenvalue weighted by Gasteiger charge is 2.32. The number of carboxylic acids is 1. The van der Waals surface area contributed by atoms with Crippen LogP contribution in [0.4, 0.5) is 0 Å². The number of benzene rings is 2. The van der Waals surface area contributed by atoms with Gasteiger partial charge in [-0.1, -0.05) is 24.3 Å². The van der Waals surface area contributed by atoms with Crippen molar-refractivity contribution in [2.45, 2.75) is 13.2 Å². The molecule has 1 heterocycles. The number of carboxylic acid groups (broad SMARTS) is 1. The average molecular weight is 355 g/mol. The molecule has 0 radical (unpaired) electrons. The Hall–Kier alpha value is -2.86. The lowest BCUT2D eigenvalue weighted by atomic mass is 10.00. The first-order valence-corrected chi connectivity index (χ1v) is 8.39. The molecule has 0 saturated carbocycles. The third-order valence-electron chi connectivity index (χ3n) is 4.42. The molecule has 3 rings (SSSR count). The summed E-state index contributed by atoms with van der Waals surface area (Å²) in [5, 5.41) is 8.90. The van der Waals surface area contributed by atoms with Crippen LogP contribution in [0.2, 0.25) is 0 Å². The number of hydrogen-bond acceptors (Lipinski definition) is 5. The van der Waals surface area contributed by atoms with E-state index >= 15 is 0 Å². The molecule has 2 aromatic carbocycles. The molecule has 26 heavy (non-hydrogen) atoms. The number of carbonyl (C=O) groups is 2. The van der Waals surface area contributed by atoms with Gasteiger partial charge in [0.15, 0.2) is 0 Å². The van der Waals surface area contributed by atoms with Crippen molar-refractivity contribution in [3.63, 3.8) is 0 Å². The quantitative estimate of drug-likeness (QED) is 0.770. The maximum absolute atomic E-state index is 11.4. The van der Waals surface area contributed by atoms with Gasteiger partial charge in [0, 0.05) is 19.6 Å². The summed E-state index contributed by atoms with van der Waals surface area (Å²) >= 11 is 0. The molecule has 0 bridgehead atoms. The molecule has 0 aromatic heterocycles. The summed E-state index contributed by atoms with van der Waals surface area (Å²) in [4.78, 5) is 24.3. The van der Waals surface area contributed by atoms with Crippen molar-refractivity contribution in [3.8, 4) is 5.75 Å². The molecule has 1 N–H and O–H groups in total. The van der Waals surface area contributed by atoms with Crippen LogP contribution in [0.15, 0.2) is 48.5 Å². The predicted molar refractivity (Wildman–Crippen MR) is 95.0 cm³/mol.